The van der Waals surface area contributed by atoms with Crippen molar-refractivity contribution in [1.29, 1.82) is 0 Å². The van der Waals surface area contributed by atoms with E-state index < -0.39 is 40.2 Å². The van der Waals surface area contributed by atoms with Gasteiger partial charge in [0.05, 0.1) is 74.1 Å². The number of hydrogen-bond donors (Lipinski definition) is 8. The molecule has 4 aliphatic rings. The fraction of sp³-hybridized carbons (Fsp3) is 0.900. The van der Waals surface area contributed by atoms with Crippen molar-refractivity contribution in [3.63, 3.8) is 0 Å². The Hall–Kier alpha value is -1.66. The van der Waals surface area contributed by atoms with Crippen LogP contribution in [0.2, 0.25) is 0 Å². The number of hydrogen-bond acceptors (Lipinski definition) is 12. The lowest BCUT2D eigenvalue weighted by molar-refractivity contribution is -0.136. The molecule has 3 atom stereocenters. The summed E-state index contributed by atoms with van der Waals surface area (Å²) in [4.78, 5) is 38.3. The number of carbonyl (C=O) groups is 3. The molecule has 8 N–H and O–H groups in total. The SMILES string of the molecule is CC1(C)C(=O)N(CC(O)CO)C(C)(C)N1Cl.CC1(C)NC(=O)C(C)(C)N1.CC1(C)NC(C)(C)N(CC(O)CO)C1=O.OCC1CO1. The fourth-order valence-electron chi connectivity index (χ4n) is 5.57. The van der Waals surface area contributed by atoms with Crippen LogP contribution >= 0.6 is 11.8 Å². The number of epoxide rings is 1. The van der Waals surface area contributed by atoms with Crippen LogP contribution in [0.4, 0.5) is 0 Å². The van der Waals surface area contributed by atoms with Gasteiger partial charge in [-0.1, -0.05) is 0 Å². The Kier molecular flexibility index (Phi) is 14.1. The third kappa shape index (κ3) is 10.7. The molecule has 3 amide bonds. The highest BCUT2D eigenvalue weighted by Gasteiger charge is 2.56. The number of halogens is 1. The van der Waals surface area contributed by atoms with E-state index >= 15 is 0 Å². The summed E-state index contributed by atoms with van der Waals surface area (Å²) in [6.45, 7) is 22.6. The van der Waals surface area contributed by atoms with Gasteiger partial charge in [-0.25, -0.2) is 0 Å². The summed E-state index contributed by atoms with van der Waals surface area (Å²) >= 11 is 6.14. The van der Waals surface area contributed by atoms with Gasteiger partial charge in [0.15, 0.2) is 0 Å². The van der Waals surface area contributed by atoms with Crippen molar-refractivity contribution in [2.75, 3.05) is 39.5 Å². The zero-order valence-corrected chi connectivity index (χ0v) is 30.3. The molecule has 270 valence electrons. The molecule has 4 heterocycles. The zero-order chi connectivity index (χ0) is 36.3. The smallest absolute Gasteiger partial charge is 0.245 e. The normalized spacial score (nSPS) is 27.3. The van der Waals surface area contributed by atoms with E-state index in [1.807, 2.05) is 55.4 Å². The lowest BCUT2D eigenvalue weighted by atomic mass is 10.1. The van der Waals surface area contributed by atoms with Crippen LogP contribution in [0.15, 0.2) is 0 Å². The molecule has 0 aromatic carbocycles. The summed E-state index contributed by atoms with van der Waals surface area (Å²) in [7, 11) is 0. The Labute approximate surface area is 278 Å². The predicted octanol–water partition coefficient (Wildman–Crippen LogP) is -0.964. The summed E-state index contributed by atoms with van der Waals surface area (Å²) in [5, 5.41) is 53.6. The lowest BCUT2D eigenvalue weighted by Gasteiger charge is -2.36. The molecule has 3 unspecified atom stereocenters. The van der Waals surface area contributed by atoms with E-state index in [-0.39, 0.29) is 62.4 Å². The highest BCUT2D eigenvalue weighted by molar-refractivity contribution is 6.17. The number of aliphatic hydroxyl groups is 5. The van der Waals surface area contributed by atoms with E-state index in [1.165, 1.54) is 9.32 Å². The number of nitrogens with zero attached hydrogens (tertiary/aromatic N) is 3. The first-order chi connectivity index (χ1) is 20.6. The van der Waals surface area contributed by atoms with Crippen molar-refractivity contribution in [2.24, 2.45) is 0 Å². The molecular weight excluding hydrogens is 624 g/mol. The Morgan fingerprint density at radius 1 is 0.783 bits per heavy atom. The zero-order valence-electron chi connectivity index (χ0n) is 29.6. The number of nitrogens with one attached hydrogen (secondary N) is 3. The topological polar surface area (TPSA) is 211 Å². The van der Waals surface area contributed by atoms with Gasteiger partial charge in [-0.15, -0.1) is 0 Å². The van der Waals surface area contributed by atoms with Crippen LogP contribution in [0.1, 0.15) is 83.1 Å². The van der Waals surface area contributed by atoms with Crippen LogP contribution in [-0.4, -0.2) is 149 Å². The highest BCUT2D eigenvalue weighted by Crippen LogP contribution is 2.39. The molecule has 0 aromatic rings. The quantitative estimate of drug-likeness (QED) is 0.121. The van der Waals surface area contributed by atoms with Crippen molar-refractivity contribution < 1.29 is 44.7 Å². The second-order valence-electron chi connectivity index (χ2n) is 15.1. The molecule has 0 aliphatic carbocycles. The van der Waals surface area contributed by atoms with E-state index in [9.17, 15) is 24.6 Å². The van der Waals surface area contributed by atoms with Crippen molar-refractivity contribution in [1.82, 2.24) is 30.2 Å². The first kappa shape index (κ1) is 42.4. The highest BCUT2D eigenvalue weighted by atomic mass is 35.5. The van der Waals surface area contributed by atoms with Crippen LogP contribution < -0.4 is 16.0 Å². The molecule has 4 saturated heterocycles. The first-order valence-electron chi connectivity index (χ1n) is 15.4. The van der Waals surface area contributed by atoms with Gasteiger partial charge in [0.2, 0.25) is 17.7 Å². The molecule has 15 nitrogen and oxygen atoms in total. The van der Waals surface area contributed by atoms with Gasteiger partial charge in [-0.3, -0.25) is 25.0 Å². The maximum atomic E-state index is 12.1. The number of carbonyl (C=O) groups excluding carboxylic acids is 3. The summed E-state index contributed by atoms with van der Waals surface area (Å²) in [5.41, 5.74) is -3.25. The predicted molar refractivity (Wildman–Crippen MR) is 173 cm³/mol. The molecule has 16 heteroatoms. The number of aliphatic hydroxyl groups excluding tert-OH is 5. The van der Waals surface area contributed by atoms with Crippen molar-refractivity contribution in [3.05, 3.63) is 0 Å². The molecule has 4 rings (SSSR count). The number of β-amino-alcohol motifs (C(OH)–C–C–N with tert-alkyl or cyclic N) is 2. The number of amides is 3. The third-order valence-corrected chi connectivity index (χ3v) is 8.74. The van der Waals surface area contributed by atoms with E-state index in [2.05, 4.69) is 20.7 Å². The van der Waals surface area contributed by atoms with Crippen molar-refractivity contribution in [3.8, 4) is 0 Å². The molecule has 0 bridgehead atoms. The van der Waals surface area contributed by atoms with Gasteiger partial charge in [0.1, 0.15) is 17.3 Å². The minimum absolute atomic E-state index is 0.0556. The first-order valence-corrected chi connectivity index (χ1v) is 15.8. The van der Waals surface area contributed by atoms with Crippen LogP contribution in [0.25, 0.3) is 0 Å². The molecule has 4 aliphatic heterocycles. The minimum Gasteiger partial charge on any atom is -0.394 e. The summed E-state index contributed by atoms with van der Waals surface area (Å²) in [5.74, 6) is -0.141. The average molecular weight is 683 g/mol. The molecule has 4 fully saturated rings. The summed E-state index contributed by atoms with van der Waals surface area (Å²) in [6, 6.07) is 0. The van der Waals surface area contributed by atoms with Crippen LogP contribution in [0, 0.1) is 0 Å². The van der Waals surface area contributed by atoms with Gasteiger partial charge in [-0.2, -0.15) is 4.42 Å². The van der Waals surface area contributed by atoms with E-state index in [0.29, 0.717) is 0 Å². The Morgan fingerprint density at radius 3 is 1.46 bits per heavy atom. The summed E-state index contributed by atoms with van der Waals surface area (Å²) < 4.78 is 6.06. The third-order valence-electron chi connectivity index (χ3n) is 7.91. The van der Waals surface area contributed by atoms with Crippen LogP contribution in [0.3, 0.4) is 0 Å². The average Bonchev–Trinajstić information content (AvgIpc) is 3.69. The van der Waals surface area contributed by atoms with Gasteiger partial charge < -0.3 is 45.4 Å². The van der Waals surface area contributed by atoms with Gasteiger partial charge in [0, 0.05) is 0 Å². The van der Waals surface area contributed by atoms with Crippen LogP contribution in [-0.2, 0) is 19.1 Å². The maximum absolute atomic E-state index is 12.1. The molecule has 46 heavy (non-hydrogen) atoms. The van der Waals surface area contributed by atoms with Crippen molar-refractivity contribution in [2.45, 2.75) is 135 Å². The molecule has 0 saturated carbocycles. The largest absolute Gasteiger partial charge is 0.394 e. The fourth-order valence-corrected chi connectivity index (χ4v) is 5.73. The lowest BCUT2D eigenvalue weighted by Crippen LogP contribution is -2.50. The maximum Gasteiger partial charge on any atom is 0.245 e. The van der Waals surface area contributed by atoms with Gasteiger partial charge in [-0.05, 0) is 94.9 Å². The van der Waals surface area contributed by atoms with E-state index in [4.69, 9.17) is 27.1 Å². The second-order valence-corrected chi connectivity index (χ2v) is 15.5. The molecular formula is C30H59ClN6O9. The van der Waals surface area contributed by atoms with Crippen molar-refractivity contribution >= 4 is 29.5 Å². The van der Waals surface area contributed by atoms with Crippen LogP contribution in [0.5, 0.6) is 0 Å². The molecule has 0 aromatic heterocycles. The van der Waals surface area contributed by atoms with Gasteiger partial charge >= 0.3 is 0 Å². The van der Waals surface area contributed by atoms with E-state index in [0.717, 1.165) is 6.61 Å². The van der Waals surface area contributed by atoms with E-state index in [1.54, 1.807) is 32.6 Å². The Balaban J connectivity index is 0.000000326. The summed E-state index contributed by atoms with van der Waals surface area (Å²) in [6.07, 6.45) is -1.64. The Morgan fingerprint density at radius 2 is 1.24 bits per heavy atom. The minimum atomic E-state index is -0.942. The molecule has 0 radical (unpaired) electrons. The standard InChI is InChI=1S/C10H19ClN2O3.C10H20N2O3.C7H14N2O.C3H6O2/c1-9(2)8(16)12(5-7(15)6-14)10(3,4)13(9)11;1-9(2)8(15)12(5-7(14)6-13)10(3,4)11-9;1-6(2)5(10)8-7(3,4)9-6;4-1-3-2-5-3/h7,14-15H,5-6H2,1-4H3;7,11,13-14H,5-6H2,1-4H3;9H,1-4H3,(H,8,10);3-4H,1-2H2. The Bertz CT molecular complexity index is 1070. The number of rotatable bonds is 7. The molecule has 0 spiro atoms. The monoisotopic (exact) mass is 682 g/mol. The van der Waals surface area contributed by atoms with Gasteiger partial charge in [0.25, 0.3) is 0 Å². The second kappa shape index (κ2) is 15.3. The number of ether oxygens (including phenoxy) is 1.